The highest BCUT2D eigenvalue weighted by Crippen LogP contribution is 2.20. The Morgan fingerprint density at radius 2 is 2.00 bits per heavy atom. The SMILES string of the molecule is Cc1ccc(-c2nc(C[S@](=O)CC(=O)NC3CCCC3)co2)cc1. The molecule has 1 aliphatic rings. The van der Waals surface area contributed by atoms with E-state index in [1.807, 2.05) is 31.2 Å². The number of benzene rings is 1. The fourth-order valence-corrected chi connectivity index (χ4v) is 3.84. The second-order valence-electron chi connectivity index (χ2n) is 6.29. The molecule has 1 atom stereocenters. The van der Waals surface area contributed by atoms with Crippen molar-refractivity contribution in [2.75, 3.05) is 5.75 Å². The molecule has 3 rings (SSSR count). The molecule has 0 unspecified atom stereocenters. The lowest BCUT2D eigenvalue weighted by atomic mass is 10.1. The standard InChI is InChI=1S/C18H22N2O3S/c1-13-6-8-14(9-7-13)18-20-16(10-23-18)11-24(22)12-17(21)19-15-4-2-3-5-15/h6-10,15H,2-5,11-12H2,1H3,(H,19,21)/t24-/m0/s1. The van der Waals surface area contributed by atoms with Crippen LogP contribution in [0.15, 0.2) is 34.9 Å². The molecule has 6 heteroatoms. The number of rotatable bonds is 6. The summed E-state index contributed by atoms with van der Waals surface area (Å²) >= 11 is 0. The minimum Gasteiger partial charge on any atom is -0.444 e. The largest absolute Gasteiger partial charge is 0.444 e. The summed E-state index contributed by atoms with van der Waals surface area (Å²) in [5.74, 6) is 0.622. The zero-order valence-corrected chi connectivity index (χ0v) is 14.6. The van der Waals surface area contributed by atoms with Crippen LogP contribution in [0.3, 0.4) is 0 Å². The number of nitrogens with zero attached hydrogens (tertiary/aromatic N) is 1. The van der Waals surface area contributed by atoms with Crippen molar-refractivity contribution in [1.29, 1.82) is 0 Å². The Morgan fingerprint density at radius 1 is 1.29 bits per heavy atom. The van der Waals surface area contributed by atoms with Crippen LogP contribution in [0.2, 0.25) is 0 Å². The van der Waals surface area contributed by atoms with Gasteiger partial charge >= 0.3 is 0 Å². The van der Waals surface area contributed by atoms with Gasteiger partial charge in [0.1, 0.15) is 12.0 Å². The Hall–Kier alpha value is -1.95. The zero-order valence-electron chi connectivity index (χ0n) is 13.8. The number of aromatic nitrogens is 1. The molecule has 5 nitrogen and oxygen atoms in total. The van der Waals surface area contributed by atoms with Gasteiger partial charge < -0.3 is 9.73 Å². The van der Waals surface area contributed by atoms with Crippen LogP contribution in [0, 0.1) is 6.92 Å². The molecule has 1 saturated carbocycles. The average molecular weight is 346 g/mol. The smallest absolute Gasteiger partial charge is 0.232 e. The van der Waals surface area contributed by atoms with Crippen molar-refractivity contribution in [3.63, 3.8) is 0 Å². The first-order valence-corrected chi connectivity index (χ1v) is 9.75. The van der Waals surface area contributed by atoms with Gasteiger partial charge in [-0.15, -0.1) is 0 Å². The predicted molar refractivity (Wildman–Crippen MR) is 93.8 cm³/mol. The Morgan fingerprint density at radius 3 is 2.71 bits per heavy atom. The van der Waals surface area contributed by atoms with E-state index in [4.69, 9.17) is 4.42 Å². The lowest BCUT2D eigenvalue weighted by Crippen LogP contribution is -2.35. The lowest BCUT2D eigenvalue weighted by molar-refractivity contribution is -0.119. The van der Waals surface area contributed by atoms with Gasteiger partial charge in [-0.05, 0) is 31.9 Å². The molecular formula is C18H22N2O3S. The third kappa shape index (κ3) is 4.54. The molecule has 1 N–H and O–H groups in total. The summed E-state index contributed by atoms with van der Waals surface area (Å²) in [7, 11) is -1.28. The minimum atomic E-state index is -1.28. The van der Waals surface area contributed by atoms with Crippen molar-refractivity contribution in [2.24, 2.45) is 0 Å². The van der Waals surface area contributed by atoms with Crippen LogP contribution in [-0.4, -0.2) is 26.9 Å². The lowest BCUT2D eigenvalue weighted by Gasteiger charge is -2.11. The van der Waals surface area contributed by atoms with E-state index in [1.54, 1.807) is 0 Å². The molecule has 0 radical (unpaired) electrons. The molecular weight excluding hydrogens is 324 g/mol. The first kappa shape index (κ1) is 16.9. The number of carbonyl (C=O) groups excluding carboxylic acids is 1. The van der Waals surface area contributed by atoms with Crippen molar-refractivity contribution >= 4 is 16.7 Å². The number of nitrogens with one attached hydrogen (secondary N) is 1. The summed E-state index contributed by atoms with van der Waals surface area (Å²) in [5.41, 5.74) is 2.66. The van der Waals surface area contributed by atoms with Crippen molar-refractivity contribution in [2.45, 2.75) is 44.4 Å². The first-order valence-electron chi connectivity index (χ1n) is 8.26. The van der Waals surface area contributed by atoms with Crippen LogP contribution in [0.5, 0.6) is 0 Å². The predicted octanol–water partition coefficient (Wildman–Crippen LogP) is 2.96. The van der Waals surface area contributed by atoms with Gasteiger partial charge in [0.2, 0.25) is 11.8 Å². The van der Waals surface area contributed by atoms with Gasteiger partial charge in [-0.3, -0.25) is 9.00 Å². The topological polar surface area (TPSA) is 72.2 Å². The number of hydrogen-bond acceptors (Lipinski definition) is 4. The number of oxazole rings is 1. The Kier molecular flexibility index (Phi) is 5.45. The van der Waals surface area contributed by atoms with Crippen LogP contribution in [0.25, 0.3) is 11.5 Å². The van der Waals surface area contributed by atoms with Crippen molar-refractivity contribution in [3.05, 3.63) is 41.8 Å². The van der Waals surface area contributed by atoms with Crippen LogP contribution in [0.4, 0.5) is 0 Å². The summed E-state index contributed by atoms with van der Waals surface area (Å²) in [6.07, 6.45) is 5.90. The van der Waals surface area contributed by atoms with E-state index in [0.717, 1.165) is 31.2 Å². The molecule has 0 saturated heterocycles. The van der Waals surface area contributed by atoms with Gasteiger partial charge in [0.15, 0.2) is 0 Å². The van der Waals surface area contributed by atoms with E-state index in [9.17, 15) is 9.00 Å². The fraction of sp³-hybridized carbons (Fsp3) is 0.444. The molecule has 128 valence electrons. The molecule has 1 aromatic heterocycles. The molecule has 1 heterocycles. The summed E-state index contributed by atoms with van der Waals surface area (Å²) in [6, 6.07) is 8.12. The fourth-order valence-electron chi connectivity index (χ4n) is 2.90. The third-order valence-corrected chi connectivity index (χ3v) is 5.37. The summed E-state index contributed by atoms with van der Waals surface area (Å²) in [4.78, 5) is 16.3. The van der Waals surface area contributed by atoms with Crippen LogP contribution >= 0.6 is 0 Å². The van der Waals surface area contributed by atoms with Gasteiger partial charge in [-0.1, -0.05) is 30.5 Å². The van der Waals surface area contributed by atoms with Crippen LogP contribution in [-0.2, 0) is 21.3 Å². The van der Waals surface area contributed by atoms with E-state index < -0.39 is 10.8 Å². The average Bonchev–Trinajstić information content (AvgIpc) is 3.19. The molecule has 2 aromatic rings. The highest BCUT2D eigenvalue weighted by atomic mass is 32.2. The monoisotopic (exact) mass is 346 g/mol. The molecule has 0 spiro atoms. The summed E-state index contributed by atoms with van der Waals surface area (Å²) in [6.45, 7) is 2.02. The number of hydrogen-bond donors (Lipinski definition) is 1. The zero-order chi connectivity index (χ0) is 16.9. The van der Waals surface area contributed by atoms with E-state index in [1.165, 1.54) is 11.8 Å². The summed E-state index contributed by atoms with van der Waals surface area (Å²) < 4.78 is 17.6. The number of amides is 1. The minimum absolute atomic E-state index is 0.0171. The molecule has 1 fully saturated rings. The Balaban J connectivity index is 1.53. The number of carbonyl (C=O) groups is 1. The first-order chi connectivity index (χ1) is 11.6. The molecule has 1 aromatic carbocycles. The van der Waals surface area contributed by atoms with Gasteiger partial charge in [-0.25, -0.2) is 4.98 Å². The van der Waals surface area contributed by atoms with E-state index in [0.29, 0.717) is 11.6 Å². The number of aryl methyl sites for hydroxylation is 1. The van der Waals surface area contributed by atoms with E-state index in [2.05, 4.69) is 10.3 Å². The highest BCUT2D eigenvalue weighted by Gasteiger charge is 2.19. The maximum atomic E-state index is 12.2. The van der Waals surface area contributed by atoms with Crippen molar-refractivity contribution in [1.82, 2.24) is 10.3 Å². The molecule has 1 aliphatic carbocycles. The van der Waals surface area contributed by atoms with Crippen molar-refractivity contribution in [3.8, 4) is 11.5 Å². The highest BCUT2D eigenvalue weighted by molar-refractivity contribution is 7.84. The van der Waals surface area contributed by atoms with Gasteiger partial charge in [-0.2, -0.15) is 0 Å². The van der Waals surface area contributed by atoms with Crippen LogP contribution in [0.1, 0.15) is 36.9 Å². The van der Waals surface area contributed by atoms with Gasteiger partial charge in [0.05, 0.1) is 11.4 Å². The van der Waals surface area contributed by atoms with E-state index in [-0.39, 0.29) is 23.5 Å². The second kappa shape index (κ2) is 7.75. The second-order valence-corrected chi connectivity index (χ2v) is 7.74. The molecule has 24 heavy (non-hydrogen) atoms. The quantitative estimate of drug-likeness (QED) is 0.873. The Labute approximate surface area is 144 Å². The molecule has 1 amide bonds. The normalized spacial score (nSPS) is 16.2. The maximum Gasteiger partial charge on any atom is 0.232 e. The molecule has 0 aliphatic heterocycles. The van der Waals surface area contributed by atoms with Gasteiger partial charge in [0, 0.05) is 22.4 Å². The van der Waals surface area contributed by atoms with E-state index >= 15 is 0 Å². The van der Waals surface area contributed by atoms with Crippen molar-refractivity contribution < 1.29 is 13.4 Å². The van der Waals surface area contributed by atoms with Crippen LogP contribution < -0.4 is 5.32 Å². The Bertz CT molecular complexity index is 718. The molecule has 0 bridgehead atoms. The summed E-state index contributed by atoms with van der Waals surface area (Å²) in [5, 5.41) is 2.96. The maximum absolute atomic E-state index is 12.2. The third-order valence-electron chi connectivity index (χ3n) is 4.17. The van der Waals surface area contributed by atoms with Gasteiger partial charge in [0.25, 0.3) is 0 Å².